The predicted molar refractivity (Wildman–Crippen MR) is 125 cm³/mol. The van der Waals surface area contributed by atoms with Crippen LogP contribution in [0.4, 0.5) is 0 Å². The molecule has 1 aromatic heterocycles. The van der Waals surface area contributed by atoms with Gasteiger partial charge in [-0.3, -0.25) is 9.58 Å². The first kappa shape index (κ1) is 24.7. The van der Waals surface area contributed by atoms with Gasteiger partial charge in [-0.15, -0.1) is 0 Å². The highest BCUT2D eigenvalue weighted by molar-refractivity contribution is 5.79. The third kappa shape index (κ3) is 6.45. The van der Waals surface area contributed by atoms with Crippen molar-refractivity contribution in [2.24, 2.45) is 18.0 Å². The second-order valence-corrected chi connectivity index (χ2v) is 8.07. The van der Waals surface area contributed by atoms with E-state index in [1.165, 1.54) is 24.1 Å². The average molecular weight is 421 g/mol. The zero-order valence-electron chi connectivity index (χ0n) is 20.1. The van der Waals surface area contributed by atoms with Crippen molar-refractivity contribution in [1.29, 1.82) is 0 Å². The van der Waals surface area contributed by atoms with Crippen molar-refractivity contribution in [1.82, 2.24) is 25.3 Å². The van der Waals surface area contributed by atoms with Crippen LogP contribution in [0.5, 0.6) is 0 Å². The monoisotopic (exact) mass is 420 g/mol. The largest absolute Gasteiger partial charge is 0.379 e. The van der Waals surface area contributed by atoms with Gasteiger partial charge in [0, 0.05) is 50.5 Å². The molecule has 2 rings (SSSR count). The number of aryl methyl sites for hydroxylation is 2. The fourth-order valence-electron chi connectivity index (χ4n) is 4.61. The Morgan fingerprint density at radius 3 is 2.33 bits per heavy atom. The lowest BCUT2D eigenvalue weighted by molar-refractivity contribution is 0.00272. The molecule has 1 unspecified atom stereocenters. The highest BCUT2D eigenvalue weighted by atomic mass is 16.5. The van der Waals surface area contributed by atoms with Crippen LogP contribution in [0.1, 0.15) is 64.4 Å². The number of morpholine rings is 1. The second-order valence-electron chi connectivity index (χ2n) is 8.07. The molecule has 0 bridgehead atoms. The van der Waals surface area contributed by atoms with E-state index in [-0.39, 0.29) is 0 Å². The van der Waals surface area contributed by atoms with Crippen LogP contribution >= 0.6 is 0 Å². The Hall–Kier alpha value is -1.60. The van der Waals surface area contributed by atoms with Crippen LogP contribution in [-0.4, -0.2) is 66.1 Å². The Labute approximate surface area is 183 Å². The molecule has 0 aliphatic carbocycles. The van der Waals surface area contributed by atoms with Crippen LogP contribution in [0.2, 0.25) is 0 Å². The first-order valence-corrected chi connectivity index (χ1v) is 12.0. The van der Waals surface area contributed by atoms with Crippen molar-refractivity contribution in [3.05, 3.63) is 17.0 Å². The number of hydrogen-bond donors (Lipinski definition) is 2. The van der Waals surface area contributed by atoms with Crippen LogP contribution in [0.25, 0.3) is 0 Å². The maximum atomic E-state index is 5.59. The molecule has 1 aromatic rings. The van der Waals surface area contributed by atoms with Gasteiger partial charge in [0.25, 0.3) is 0 Å². The molecule has 1 atom stereocenters. The summed E-state index contributed by atoms with van der Waals surface area (Å²) in [5, 5.41) is 11.8. The Bertz CT molecular complexity index is 646. The van der Waals surface area contributed by atoms with Gasteiger partial charge >= 0.3 is 0 Å². The van der Waals surface area contributed by atoms with Gasteiger partial charge in [0.2, 0.25) is 0 Å². The second kappa shape index (κ2) is 13.0. The molecule has 1 aliphatic heterocycles. The minimum absolute atomic E-state index is 0.503. The topological polar surface area (TPSA) is 66.7 Å². The minimum Gasteiger partial charge on any atom is -0.379 e. The fraction of sp³-hybridized carbons (Fsp3) is 0.826. The van der Waals surface area contributed by atoms with E-state index in [2.05, 4.69) is 50.2 Å². The summed E-state index contributed by atoms with van der Waals surface area (Å²) >= 11 is 0. The van der Waals surface area contributed by atoms with Crippen molar-refractivity contribution >= 4 is 5.96 Å². The van der Waals surface area contributed by atoms with Crippen molar-refractivity contribution in [3.63, 3.8) is 0 Å². The third-order valence-electron chi connectivity index (χ3n) is 6.35. The van der Waals surface area contributed by atoms with E-state index in [0.29, 0.717) is 18.5 Å². The van der Waals surface area contributed by atoms with E-state index < -0.39 is 0 Å². The first-order valence-electron chi connectivity index (χ1n) is 12.0. The van der Waals surface area contributed by atoms with Gasteiger partial charge < -0.3 is 15.4 Å². The van der Waals surface area contributed by atoms with Crippen molar-refractivity contribution < 1.29 is 4.74 Å². The smallest absolute Gasteiger partial charge is 0.191 e. The standard InChI is InChI=1S/C23H44N6O/c1-7-18(8-2)22(29-12-14-30-15-13-29)17-26-23(24-11-5)25-16-19-20(9-3)27-28(6)21(19)10-4/h18,22H,7-17H2,1-6H3,(H2,24,25,26). The molecule has 0 saturated carbocycles. The van der Waals surface area contributed by atoms with E-state index in [4.69, 9.17) is 14.8 Å². The maximum absolute atomic E-state index is 5.59. The first-order chi connectivity index (χ1) is 14.6. The van der Waals surface area contributed by atoms with Gasteiger partial charge in [-0.1, -0.05) is 40.5 Å². The number of guanidine groups is 1. The van der Waals surface area contributed by atoms with Gasteiger partial charge in [-0.05, 0) is 25.7 Å². The molecular weight excluding hydrogens is 376 g/mol. The third-order valence-corrected chi connectivity index (χ3v) is 6.35. The van der Waals surface area contributed by atoms with Gasteiger partial charge in [-0.25, -0.2) is 4.99 Å². The lowest BCUT2D eigenvalue weighted by atomic mass is 9.92. The number of nitrogens with one attached hydrogen (secondary N) is 2. The number of hydrogen-bond acceptors (Lipinski definition) is 4. The van der Waals surface area contributed by atoms with Crippen LogP contribution < -0.4 is 10.6 Å². The predicted octanol–water partition coefficient (Wildman–Crippen LogP) is 2.74. The molecule has 1 fully saturated rings. The molecule has 1 saturated heterocycles. The van der Waals surface area contributed by atoms with Gasteiger partial charge in [0.05, 0.1) is 25.5 Å². The van der Waals surface area contributed by atoms with Crippen LogP contribution in [0, 0.1) is 5.92 Å². The molecule has 172 valence electrons. The Morgan fingerprint density at radius 2 is 1.77 bits per heavy atom. The summed E-state index contributed by atoms with van der Waals surface area (Å²) in [5.74, 6) is 1.57. The summed E-state index contributed by atoms with van der Waals surface area (Å²) in [6.45, 7) is 17.2. The maximum Gasteiger partial charge on any atom is 0.191 e. The molecule has 0 spiro atoms. The SMILES string of the molecule is CCNC(=NCc1c(CC)nn(C)c1CC)NCC(C(CC)CC)N1CCOCC1. The molecule has 0 radical (unpaired) electrons. The highest BCUT2D eigenvalue weighted by Crippen LogP contribution is 2.20. The normalized spacial score (nSPS) is 16.8. The quantitative estimate of drug-likeness (QED) is 0.426. The summed E-state index contributed by atoms with van der Waals surface area (Å²) in [4.78, 5) is 7.54. The van der Waals surface area contributed by atoms with Crippen LogP contribution in [0.15, 0.2) is 4.99 Å². The Kier molecular flexibility index (Phi) is 10.6. The molecule has 2 N–H and O–H groups in total. The zero-order valence-corrected chi connectivity index (χ0v) is 20.1. The van der Waals surface area contributed by atoms with Crippen LogP contribution in [0.3, 0.4) is 0 Å². The van der Waals surface area contributed by atoms with E-state index in [9.17, 15) is 0 Å². The molecule has 0 aromatic carbocycles. The molecule has 7 heteroatoms. The van der Waals surface area contributed by atoms with E-state index in [1.54, 1.807) is 0 Å². The average Bonchev–Trinajstić information content (AvgIpc) is 3.09. The Balaban J connectivity index is 2.13. The molecule has 0 amide bonds. The summed E-state index contributed by atoms with van der Waals surface area (Å²) in [7, 11) is 2.04. The zero-order chi connectivity index (χ0) is 21.9. The molecule has 2 heterocycles. The lowest BCUT2D eigenvalue weighted by Gasteiger charge is -2.39. The number of aliphatic imine (C=N–C) groups is 1. The molecule has 30 heavy (non-hydrogen) atoms. The van der Waals surface area contributed by atoms with E-state index in [0.717, 1.165) is 63.9 Å². The summed E-state index contributed by atoms with van der Waals surface area (Å²) < 4.78 is 7.61. The molecular formula is C23H44N6O. The highest BCUT2D eigenvalue weighted by Gasteiger charge is 2.27. The molecule has 1 aliphatic rings. The fourth-order valence-corrected chi connectivity index (χ4v) is 4.61. The van der Waals surface area contributed by atoms with E-state index >= 15 is 0 Å². The summed E-state index contributed by atoms with van der Waals surface area (Å²) in [5.41, 5.74) is 3.73. The Morgan fingerprint density at radius 1 is 1.07 bits per heavy atom. The van der Waals surface area contributed by atoms with Crippen molar-refractivity contribution in [2.45, 2.75) is 72.9 Å². The molecule has 7 nitrogen and oxygen atoms in total. The van der Waals surface area contributed by atoms with Gasteiger partial charge in [0.1, 0.15) is 0 Å². The summed E-state index contributed by atoms with van der Waals surface area (Å²) in [6, 6.07) is 0.503. The van der Waals surface area contributed by atoms with Crippen molar-refractivity contribution in [2.75, 3.05) is 39.4 Å². The summed E-state index contributed by atoms with van der Waals surface area (Å²) in [6.07, 6.45) is 4.31. The van der Waals surface area contributed by atoms with Crippen LogP contribution in [-0.2, 0) is 31.2 Å². The number of nitrogens with zero attached hydrogens (tertiary/aromatic N) is 4. The van der Waals surface area contributed by atoms with E-state index in [1.807, 2.05) is 11.7 Å². The van der Waals surface area contributed by atoms with Crippen molar-refractivity contribution in [3.8, 4) is 0 Å². The number of aromatic nitrogens is 2. The van der Waals surface area contributed by atoms with Gasteiger partial charge in [0.15, 0.2) is 5.96 Å². The van der Waals surface area contributed by atoms with Gasteiger partial charge in [-0.2, -0.15) is 5.10 Å². The lowest BCUT2D eigenvalue weighted by Crippen LogP contribution is -2.53. The minimum atomic E-state index is 0.503. The number of rotatable bonds is 11. The number of ether oxygens (including phenoxy) is 1.